The molecule has 1 aliphatic rings. The van der Waals surface area contributed by atoms with Crippen LogP contribution >= 0.6 is 51.0 Å². The Kier molecular flexibility index (Phi) is 25.0. The average molecular weight is 807 g/mol. The SMILES string of the molecule is C=C(NCCC1=C(F)C=CC=CC1)N(CC)CCc1ccccc1.C=C(NCCc1ccccc1)NCCc1cccc(F)c1.I.S.S. The quantitative estimate of drug-likeness (QED) is 0.119. The van der Waals surface area contributed by atoms with Crippen LogP contribution in [0.2, 0.25) is 0 Å². The van der Waals surface area contributed by atoms with Crippen molar-refractivity contribution >= 4 is 51.0 Å². The Bertz CT molecular complexity index is 1420. The van der Waals surface area contributed by atoms with Gasteiger partial charge in [-0.3, -0.25) is 0 Å². The molecular weight excluding hydrogens is 753 g/mol. The van der Waals surface area contributed by atoms with E-state index in [2.05, 4.69) is 77.3 Å². The fraction of sp³-hybridized carbons (Fsp3) is 0.282. The average Bonchev–Trinajstić information content (AvgIpc) is 3.26. The van der Waals surface area contributed by atoms with Gasteiger partial charge >= 0.3 is 0 Å². The Morgan fingerprint density at radius 3 is 1.88 bits per heavy atom. The van der Waals surface area contributed by atoms with E-state index in [4.69, 9.17) is 0 Å². The molecule has 4 nitrogen and oxygen atoms in total. The third kappa shape index (κ3) is 18.4. The third-order valence-corrected chi connectivity index (χ3v) is 7.46. The highest BCUT2D eigenvalue weighted by molar-refractivity contribution is 14.0. The van der Waals surface area contributed by atoms with Gasteiger partial charge in [0.05, 0.1) is 11.6 Å². The van der Waals surface area contributed by atoms with Crippen LogP contribution in [-0.4, -0.2) is 37.6 Å². The van der Waals surface area contributed by atoms with Gasteiger partial charge < -0.3 is 20.9 Å². The number of hydrogen-bond acceptors (Lipinski definition) is 4. The predicted molar refractivity (Wildman–Crippen MR) is 222 cm³/mol. The number of benzene rings is 3. The van der Waals surface area contributed by atoms with E-state index >= 15 is 0 Å². The lowest BCUT2D eigenvalue weighted by Crippen LogP contribution is -2.33. The van der Waals surface area contributed by atoms with Gasteiger partial charge in [0.15, 0.2) is 0 Å². The van der Waals surface area contributed by atoms with Crippen molar-refractivity contribution in [2.75, 3.05) is 32.7 Å². The van der Waals surface area contributed by atoms with E-state index in [0.717, 1.165) is 68.2 Å². The number of rotatable bonds is 17. The van der Waals surface area contributed by atoms with Crippen LogP contribution in [0.3, 0.4) is 0 Å². The second-order valence-corrected chi connectivity index (χ2v) is 10.8. The van der Waals surface area contributed by atoms with Crippen LogP contribution < -0.4 is 16.0 Å². The summed E-state index contributed by atoms with van der Waals surface area (Å²) < 4.78 is 26.9. The summed E-state index contributed by atoms with van der Waals surface area (Å²) in [6.07, 6.45) is 11.3. The number of nitrogens with zero attached hydrogens (tertiary/aromatic N) is 1. The smallest absolute Gasteiger partial charge is 0.123 e. The van der Waals surface area contributed by atoms with Gasteiger partial charge in [0, 0.05) is 32.7 Å². The Morgan fingerprint density at radius 2 is 1.27 bits per heavy atom. The van der Waals surface area contributed by atoms with Crippen molar-refractivity contribution in [1.82, 2.24) is 20.9 Å². The first-order chi connectivity index (χ1) is 21.9. The molecule has 262 valence electrons. The van der Waals surface area contributed by atoms with Crippen LogP contribution in [0.15, 0.2) is 145 Å². The largest absolute Gasteiger partial charge is 0.372 e. The summed E-state index contributed by atoms with van der Waals surface area (Å²) in [6.45, 7) is 14.3. The molecule has 0 atom stereocenters. The number of likely N-dealkylation sites (N-methyl/N-ethyl adjacent to an activating group) is 1. The Hall–Kier alpha value is -3.15. The van der Waals surface area contributed by atoms with Gasteiger partial charge in [0.25, 0.3) is 0 Å². The second-order valence-electron chi connectivity index (χ2n) is 10.8. The molecule has 0 saturated carbocycles. The molecule has 0 bridgehead atoms. The van der Waals surface area contributed by atoms with Gasteiger partial charge in [-0.25, -0.2) is 8.78 Å². The molecule has 0 spiro atoms. The maximum Gasteiger partial charge on any atom is 0.123 e. The van der Waals surface area contributed by atoms with Gasteiger partial charge in [0.2, 0.25) is 0 Å². The van der Waals surface area contributed by atoms with Crippen molar-refractivity contribution in [3.8, 4) is 0 Å². The second kappa shape index (κ2) is 26.8. The van der Waals surface area contributed by atoms with E-state index in [0.29, 0.717) is 19.4 Å². The molecule has 3 aromatic rings. The zero-order valence-electron chi connectivity index (χ0n) is 28.0. The summed E-state index contributed by atoms with van der Waals surface area (Å²) in [6, 6.07) is 27.5. The molecule has 9 heteroatoms. The minimum atomic E-state index is -0.188. The molecule has 1 aliphatic carbocycles. The van der Waals surface area contributed by atoms with E-state index in [1.54, 1.807) is 18.2 Å². The minimum Gasteiger partial charge on any atom is -0.372 e. The van der Waals surface area contributed by atoms with Crippen LogP contribution in [-0.2, 0) is 19.3 Å². The molecule has 3 aromatic carbocycles. The predicted octanol–water partition coefficient (Wildman–Crippen LogP) is 8.85. The summed E-state index contributed by atoms with van der Waals surface area (Å²) in [5.41, 5.74) is 4.46. The standard InChI is InChI=1S/C21H27FN2.C18H21FN2.HI.2H2S/c1-3-24(17-15-19-10-6-4-7-11-19)18(2)23-16-14-20-12-8-5-9-13-21(20)22;1-15(20-12-10-16-6-3-2-4-7-16)21-13-11-17-8-5-9-18(19)14-17;;;/h4-11,13,23H,2-3,12,14-17H2,1H3;2-9,14,20-21H,1,10-13H2;1H;2*1H2. The van der Waals surface area contributed by atoms with E-state index in [1.807, 2.05) is 42.5 Å². The summed E-state index contributed by atoms with van der Waals surface area (Å²) in [7, 11) is 0. The van der Waals surface area contributed by atoms with Crippen molar-refractivity contribution in [2.24, 2.45) is 0 Å². The molecule has 0 amide bonds. The molecule has 0 fully saturated rings. The molecular formula is C39H53F2IN4S2. The molecule has 0 unspecified atom stereocenters. The van der Waals surface area contributed by atoms with Crippen molar-refractivity contribution in [1.29, 1.82) is 0 Å². The van der Waals surface area contributed by atoms with Crippen molar-refractivity contribution in [3.63, 3.8) is 0 Å². The number of allylic oxidation sites excluding steroid dienone is 5. The molecule has 0 aliphatic heterocycles. The molecule has 0 saturated heterocycles. The molecule has 0 radical (unpaired) electrons. The molecule has 0 aromatic heterocycles. The fourth-order valence-electron chi connectivity index (χ4n) is 4.84. The van der Waals surface area contributed by atoms with Crippen molar-refractivity contribution in [2.45, 2.75) is 39.0 Å². The zero-order chi connectivity index (χ0) is 32.1. The van der Waals surface area contributed by atoms with Gasteiger partial charge in [-0.15, -0.1) is 24.0 Å². The Morgan fingerprint density at radius 1 is 0.708 bits per heavy atom. The van der Waals surface area contributed by atoms with Gasteiger partial charge in [-0.05, 0) is 79.5 Å². The number of nitrogens with one attached hydrogen (secondary N) is 3. The zero-order valence-corrected chi connectivity index (χ0v) is 32.3. The maximum absolute atomic E-state index is 13.9. The van der Waals surface area contributed by atoms with E-state index in [1.165, 1.54) is 23.3 Å². The highest BCUT2D eigenvalue weighted by Gasteiger charge is 2.08. The lowest BCUT2D eigenvalue weighted by atomic mass is 10.1. The summed E-state index contributed by atoms with van der Waals surface area (Å²) in [4.78, 5) is 2.23. The van der Waals surface area contributed by atoms with Gasteiger partial charge in [0.1, 0.15) is 11.6 Å². The van der Waals surface area contributed by atoms with Gasteiger partial charge in [-0.2, -0.15) is 27.0 Å². The first-order valence-corrected chi connectivity index (χ1v) is 15.8. The topological polar surface area (TPSA) is 39.3 Å². The van der Waals surface area contributed by atoms with Crippen LogP contribution in [0.25, 0.3) is 0 Å². The molecule has 48 heavy (non-hydrogen) atoms. The Labute approximate surface area is 318 Å². The first-order valence-electron chi connectivity index (χ1n) is 15.8. The normalized spacial score (nSPS) is 11.3. The lowest BCUT2D eigenvalue weighted by Gasteiger charge is -2.26. The Balaban J connectivity index is 0.000000873. The molecule has 0 heterocycles. The van der Waals surface area contributed by atoms with Crippen molar-refractivity contribution in [3.05, 3.63) is 168 Å². The van der Waals surface area contributed by atoms with E-state index in [9.17, 15) is 8.78 Å². The lowest BCUT2D eigenvalue weighted by molar-refractivity contribution is 0.341. The summed E-state index contributed by atoms with van der Waals surface area (Å²) in [5.74, 6) is 1.42. The monoisotopic (exact) mass is 806 g/mol. The van der Waals surface area contributed by atoms with Gasteiger partial charge in [-0.1, -0.05) is 104 Å². The van der Waals surface area contributed by atoms with Crippen LogP contribution in [0.5, 0.6) is 0 Å². The maximum atomic E-state index is 13.9. The van der Waals surface area contributed by atoms with Crippen LogP contribution in [0.1, 0.15) is 36.5 Å². The highest BCUT2D eigenvalue weighted by atomic mass is 127. The van der Waals surface area contributed by atoms with Crippen molar-refractivity contribution < 1.29 is 8.78 Å². The van der Waals surface area contributed by atoms with Crippen LogP contribution in [0, 0.1) is 5.82 Å². The molecule has 4 rings (SSSR count). The first kappa shape index (κ1) is 44.9. The summed E-state index contributed by atoms with van der Waals surface area (Å²) in [5, 5.41) is 9.80. The van der Waals surface area contributed by atoms with E-state index < -0.39 is 0 Å². The van der Waals surface area contributed by atoms with Crippen LogP contribution in [0.4, 0.5) is 8.78 Å². The fourth-order valence-corrected chi connectivity index (χ4v) is 4.84. The minimum absolute atomic E-state index is 0. The highest BCUT2D eigenvalue weighted by Crippen LogP contribution is 2.19. The van der Waals surface area contributed by atoms with E-state index in [-0.39, 0.29) is 62.6 Å². The third-order valence-electron chi connectivity index (χ3n) is 7.46. The number of halogens is 3. The molecule has 3 N–H and O–H groups in total. The summed E-state index contributed by atoms with van der Waals surface area (Å²) >= 11 is 0. The number of hydrogen-bond donors (Lipinski definition) is 3.